The van der Waals surface area contributed by atoms with Crippen molar-refractivity contribution in [2.24, 2.45) is 5.84 Å². The van der Waals surface area contributed by atoms with E-state index in [9.17, 15) is 5.11 Å². The van der Waals surface area contributed by atoms with Gasteiger partial charge in [-0.25, -0.2) is 15.8 Å². The minimum Gasteiger partial charge on any atom is -0.394 e. The van der Waals surface area contributed by atoms with E-state index in [4.69, 9.17) is 10.6 Å². The number of nitrogens with two attached hydrogens (primary N) is 1. The molecular weight excluding hydrogens is 254 g/mol. The van der Waals surface area contributed by atoms with Crippen molar-refractivity contribution in [1.82, 2.24) is 9.97 Å². The number of nitrogens with one attached hydrogen (secondary N) is 1. The fraction of sp³-hybridized carbons (Fsp3) is 0.600. The molecule has 0 aliphatic carbocycles. The van der Waals surface area contributed by atoms with Gasteiger partial charge in [-0.1, -0.05) is 11.8 Å². The zero-order valence-electron chi connectivity index (χ0n) is 10.2. The summed E-state index contributed by atoms with van der Waals surface area (Å²) in [5, 5.41) is 10.0. The van der Waals surface area contributed by atoms with E-state index < -0.39 is 0 Å². The second kappa shape index (κ2) is 6.19. The number of nitrogens with zero attached hydrogens (tertiary/aromatic N) is 3. The molecule has 0 saturated carbocycles. The van der Waals surface area contributed by atoms with E-state index in [0.717, 1.165) is 5.82 Å². The maximum atomic E-state index is 9.37. The minimum absolute atomic E-state index is 0.0317. The lowest BCUT2D eigenvalue weighted by Gasteiger charge is -2.35. The Labute approximate surface area is 110 Å². The van der Waals surface area contributed by atoms with Crippen molar-refractivity contribution in [3.8, 4) is 0 Å². The van der Waals surface area contributed by atoms with E-state index in [2.05, 4.69) is 15.4 Å². The maximum Gasteiger partial charge on any atom is 0.191 e. The molecule has 1 aromatic heterocycles. The topological polar surface area (TPSA) is 96.5 Å². The van der Waals surface area contributed by atoms with Gasteiger partial charge in [-0.05, 0) is 6.26 Å². The fourth-order valence-electron chi connectivity index (χ4n) is 1.83. The number of morpholine rings is 1. The molecule has 18 heavy (non-hydrogen) atoms. The highest BCUT2D eigenvalue weighted by Crippen LogP contribution is 2.22. The van der Waals surface area contributed by atoms with E-state index in [1.807, 2.05) is 11.2 Å². The number of hydrazine groups is 1. The highest BCUT2D eigenvalue weighted by molar-refractivity contribution is 7.98. The first kappa shape index (κ1) is 13.3. The zero-order chi connectivity index (χ0) is 13.0. The number of ether oxygens (including phenoxy) is 1. The number of hydrogen-bond donors (Lipinski definition) is 3. The normalized spacial score (nSPS) is 19.9. The minimum atomic E-state index is -0.0750. The van der Waals surface area contributed by atoms with Crippen molar-refractivity contribution in [2.45, 2.75) is 11.2 Å². The van der Waals surface area contributed by atoms with E-state index in [1.165, 1.54) is 11.8 Å². The third-order valence-corrected chi connectivity index (χ3v) is 3.30. The van der Waals surface area contributed by atoms with Crippen molar-refractivity contribution in [2.75, 3.05) is 42.9 Å². The van der Waals surface area contributed by atoms with Crippen LogP contribution in [0.5, 0.6) is 0 Å². The van der Waals surface area contributed by atoms with Crippen molar-refractivity contribution in [3.63, 3.8) is 0 Å². The predicted octanol–water partition coefficient (Wildman–Crippen LogP) is -0.318. The van der Waals surface area contributed by atoms with Crippen LogP contribution < -0.4 is 16.2 Å². The van der Waals surface area contributed by atoms with E-state index in [0.29, 0.717) is 30.7 Å². The molecule has 2 rings (SSSR count). The average Bonchev–Trinajstić information content (AvgIpc) is 2.46. The van der Waals surface area contributed by atoms with Gasteiger partial charge in [0.1, 0.15) is 11.6 Å². The lowest BCUT2D eigenvalue weighted by atomic mass is 10.2. The zero-order valence-corrected chi connectivity index (χ0v) is 11.0. The number of aliphatic hydroxyl groups excluding tert-OH is 1. The van der Waals surface area contributed by atoms with Crippen molar-refractivity contribution >= 4 is 23.4 Å². The smallest absolute Gasteiger partial charge is 0.191 e. The molecular formula is C10H17N5O2S. The van der Waals surface area contributed by atoms with Gasteiger partial charge in [0, 0.05) is 12.6 Å². The van der Waals surface area contributed by atoms with Gasteiger partial charge in [0.25, 0.3) is 0 Å². The summed E-state index contributed by atoms with van der Waals surface area (Å²) in [4.78, 5) is 10.7. The van der Waals surface area contributed by atoms with Gasteiger partial charge in [-0.2, -0.15) is 0 Å². The third kappa shape index (κ3) is 2.83. The van der Waals surface area contributed by atoms with Crippen LogP contribution in [0.1, 0.15) is 0 Å². The molecule has 1 aliphatic rings. The molecule has 8 heteroatoms. The molecule has 2 heterocycles. The second-order valence-electron chi connectivity index (χ2n) is 3.85. The van der Waals surface area contributed by atoms with Gasteiger partial charge in [0.05, 0.1) is 25.9 Å². The number of aliphatic hydroxyl groups is 1. The van der Waals surface area contributed by atoms with Crippen molar-refractivity contribution < 1.29 is 9.84 Å². The predicted molar refractivity (Wildman–Crippen MR) is 70.7 cm³/mol. The lowest BCUT2D eigenvalue weighted by Crippen LogP contribution is -2.48. The second-order valence-corrected chi connectivity index (χ2v) is 4.62. The SMILES string of the molecule is CSc1nc(NN)cc(N2CCOCC2CO)n1. The molecule has 1 unspecified atom stereocenters. The fourth-order valence-corrected chi connectivity index (χ4v) is 2.21. The van der Waals surface area contributed by atoms with Gasteiger partial charge in [0.2, 0.25) is 0 Å². The van der Waals surface area contributed by atoms with Crippen LogP contribution in [-0.2, 0) is 4.74 Å². The van der Waals surface area contributed by atoms with Crippen LogP contribution in [0.3, 0.4) is 0 Å². The number of thioether (sulfide) groups is 1. The van der Waals surface area contributed by atoms with E-state index >= 15 is 0 Å². The van der Waals surface area contributed by atoms with E-state index in [1.54, 1.807) is 6.07 Å². The number of anilines is 2. The first-order valence-electron chi connectivity index (χ1n) is 5.63. The molecule has 0 radical (unpaired) electrons. The third-order valence-electron chi connectivity index (χ3n) is 2.76. The Morgan fingerprint density at radius 2 is 2.50 bits per heavy atom. The monoisotopic (exact) mass is 271 g/mol. The molecule has 1 fully saturated rings. The van der Waals surface area contributed by atoms with Crippen LogP contribution in [-0.4, -0.2) is 53.7 Å². The van der Waals surface area contributed by atoms with Crippen LogP contribution in [0.2, 0.25) is 0 Å². The molecule has 1 atom stereocenters. The summed E-state index contributed by atoms with van der Waals surface area (Å²) < 4.78 is 5.35. The maximum absolute atomic E-state index is 9.37. The highest BCUT2D eigenvalue weighted by atomic mass is 32.2. The number of nitrogen functional groups attached to an aromatic ring is 1. The summed E-state index contributed by atoms with van der Waals surface area (Å²) in [6.07, 6.45) is 1.91. The van der Waals surface area contributed by atoms with Gasteiger partial charge in [-0.15, -0.1) is 0 Å². The Bertz CT molecular complexity index is 384. The molecule has 0 aromatic carbocycles. The number of hydrogen-bond acceptors (Lipinski definition) is 8. The van der Waals surface area contributed by atoms with Crippen LogP contribution >= 0.6 is 11.8 Å². The molecule has 1 aromatic rings. The number of rotatable bonds is 4. The van der Waals surface area contributed by atoms with Crippen LogP contribution in [0.15, 0.2) is 11.2 Å². The van der Waals surface area contributed by atoms with Gasteiger partial charge in [-0.3, -0.25) is 0 Å². The Morgan fingerprint density at radius 1 is 1.67 bits per heavy atom. The molecule has 1 saturated heterocycles. The number of aromatic nitrogens is 2. The lowest BCUT2D eigenvalue weighted by molar-refractivity contribution is 0.0722. The summed E-state index contributed by atoms with van der Waals surface area (Å²) in [7, 11) is 0. The Kier molecular flexibility index (Phi) is 4.59. The van der Waals surface area contributed by atoms with E-state index in [-0.39, 0.29) is 12.6 Å². The molecule has 4 N–H and O–H groups in total. The Hall–Kier alpha value is -1.09. The molecule has 0 bridgehead atoms. The van der Waals surface area contributed by atoms with Crippen molar-refractivity contribution in [3.05, 3.63) is 6.07 Å². The summed E-state index contributed by atoms with van der Waals surface area (Å²) >= 11 is 1.45. The summed E-state index contributed by atoms with van der Waals surface area (Å²) in [6.45, 7) is 1.85. The molecule has 0 spiro atoms. The molecule has 0 amide bonds. The first-order chi connectivity index (χ1) is 8.78. The van der Waals surface area contributed by atoms with Gasteiger partial charge >= 0.3 is 0 Å². The molecule has 7 nitrogen and oxygen atoms in total. The highest BCUT2D eigenvalue weighted by Gasteiger charge is 2.24. The van der Waals surface area contributed by atoms with Crippen LogP contribution in [0, 0.1) is 0 Å². The summed E-state index contributed by atoms with van der Waals surface area (Å²) in [5.41, 5.74) is 2.53. The van der Waals surface area contributed by atoms with Gasteiger partial charge < -0.3 is 20.2 Å². The Balaban J connectivity index is 2.29. The average molecular weight is 271 g/mol. The summed E-state index contributed by atoms with van der Waals surface area (Å²) in [6, 6.07) is 1.70. The van der Waals surface area contributed by atoms with Crippen LogP contribution in [0.25, 0.3) is 0 Å². The Morgan fingerprint density at radius 3 is 3.17 bits per heavy atom. The quantitative estimate of drug-likeness (QED) is 0.297. The summed E-state index contributed by atoms with van der Waals surface area (Å²) in [5.74, 6) is 6.71. The first-order valence-corrected chi connectivity index (χ1v) is 6.86. The molecule has 1 aliphatic heterocycles. The molecule has 100 valence electrons. The van der Waals surface area contributed by atoms with Gasteiger partial charge in [0.15, 0.2) is 5.16 Å². The van der Waals surface area contributed by atoms with Crippen LogP contribution in [0.4, 0.5) is 11.6 Å². The standard InChI is InChI=1S/C10H17N5O2S/c1-18-10-12-8(14-11)4-9(13-10)15-2-3-17-6-7(15)5-16/h4,7,16H,2-3,5-6,11H2,1H3,(H,12,13,14). The van der Waals surface area contributed by atoms with Crippen molar-refractivity contribution in [1.29, 1.82) is 0 Å². The largest absolute Gasteiger partial charge is 0.394 e.